The second-order valence-electron chi connectivity index (χ2n) is 10.3. The van der Waals surface area contributed by atoms with E-state index in [1.54, 1.807) is 6.92 Å². The minimum atomic E-state index is -1.61. The molecule has 1 aliphatic heterocycles. The number of carbonyl (C=O) groups excluding carboxylic acids is 2. The van der Waals surface area contributed by atoms with Crippen LogP contribution in [0.1, 0.15) is 104 Å². The number of imidazole rings is 1. The standard InChI is InChI=1S/C29H42FN5O6/c1-4-7-8-9-10-11-12-13-14-15-16-17-23(36)39-19-29(5-2)21(40-28(37)38-6-3)18-22(41-29)35-20-32-24-25(31)33-27(30)34-26(24)35/h2,20-22H,4,6-19H2,1,3H3,(H2,31,33,34)/t21-,22+,29+/m0/s1. The van der Waals surface area contributed by atoms with E-state index in [2.05, 4.69) is 27.8 Å². The predicted molar refractivity (Wildman–Crippen MR) is 150 cm³/mol. The molecule has 0 unspecified atom stereocenters. The Morgan fingerprint density at radius 2 is 1.76 bits per heavy atom. The zero-order valence-corrected chi connectivity index (χ0v) is 24.1. The Balaban J connectivity index is 1.54. The van der Waals surface area contributed by atoms with E-state index in [1.165, 1.54) is 55.8 Å². The normalized spacial score (nSPS) is 20.1. The van der Waals surface area contributed by atoms with Crippen LogP contribution >= 0.6 is 0 Å². The summed E-state index contributed by atoms with van der Waals surface area (Å²) in [6, 6.07) is 0. The van der Waals surface area contributed by atoms with Gasteiger partial charge in [0.25, 0.3) is 0 Å². The molecule has 1 saturated heterocycles. The van der Waals surface area contributed by atoms with Crippen LogP contribution < -0.4 is 5.73 Å². The van der Waals surface area contributed by atoms with Gasteiger partial charge in [0.05, 0.1) is 12.9 Å². The second kappa shape index (κ2) is 16.1. The smallest absolute Gasteiger partial charge is 0.461 e. The fraction of sp³-hybridized carbons (Fsp3) is 0.690. The summed E-state index contributed by atoms with van der Waals surface area (Å²) in [7, 11) is 0. The minimum Gasteiger partial charge on any atom is -0.461 e. The van der Waals surface area contributed by atoms with Gasteiger partial charge in [-0.2, -0.15) is 14.4 Å². The van der Waals surface area contributed by atoms with Crippen molar-refractivity contribution in [3.05, 3.63) is 12.4 Å². The number of ether oxygens (including phenoxy) is 4. The Kier molecular flexibility index (Phi) is 12.6. The van der Waals surface area contributed by atoms with Gasteiger partial charge in [-0.25, -0.2) is 9.78 Å². The summed E-state index contributed by atoms with van der Waals surface area (Å²) in [5, 5.41) is 0. The Labute approximate surface area is 240 Å². The van der Waals surface area contributed by atoms with Crippen molar-refractivity contribution in [2.24, 2.45) is 0 Å². The quantitative estimate of drug-likeness (QED) is 0.109. The highest BCUT2D eigenvalue weighted by Crippen LogP contribution is 2.40. The summed E-state index contributed by atoms with van der Waals surface area (Å²) in [5.74, 6) is 1.95. The third-order valence-corrected chi connectivity index (χ3v) is 7.19. The summed E-state index contributed by atoms with van der Waals surface area (Å²) in [6.07, 6.45) is 16.5. The van der Waals surface area contributed by atoms with E-state index in [4.69, 9.17) is 31.1 Å². The lowest BCUT2D eigenvalue weighted by Crippen LogP contribution is -2.45. The number of fused-ring (bicyclic) bond motifs is 1. The van der Waals surface area contributed by atoms with Crippen LogP contribution in [0.4, 0.5) is 15.0 Å². The molecule has 0 aromatic carbocycles. The third kappa shape index (κ3) is 9.01. The molecule has 2 N–H and O–H groups in total. The molecule has 2 aromatic rings. The number of anilines is 1. The Morgan fingerprint density at radius 3 is 2.39 bits per heavy atom. The van der Waals surface area contributed by atoms with Crippen molar-refractivity contribution in [2.45, 2.75) is 115 Å². The highest BCUT2D eigenvalue weighted by molar-refractivity contribution is 5.81. The van der Waals surface area contributed by atoms with Crippen LogP contribution in [0.3, 0.4) is 0 Å². The van der Waals surface area contributed by atoms with Gasteiger partial charge in [-0.15, -0.1) is 6.42 Å². The van der Waals surface area contributed by atoms with Crippen LogP contribution in [0.25, 0.3) is 11.2 Å². The molecule has 0 spiro atoms. The molecule has 0 radical (unpaired) electrons. The number of hydrogen-bond acceptors (Lipinski definition) is 10. The molecule has 0 aliphatic carbocycles. The van der Waals surface area contributed by atoms with Crippen molar-refractivity contribution in [3.8, 4) is 12.3 Å². The van der Waals surface area contributed by atoms with Crippen molar-refractivity contribution in [2.75, 3.05) is 18.9 Å². The van der Waals surface area contributed by atoms with Gasteiger partial charge in [0.2, 0.25) is 5.60 Å². The summed E-state index contributed by atoms with van der Waals surface area (Å²) >= 11 is 0. The molecule has 2 aromatic heterocycles. The van der Waals surface area contributed by atoms with Crippen molar-refractivity contribution in [3.63, 3.8) is 0 Å². The van der Waals surface area contributed by atoms with Crippen LogP contribution in [0, 0.1) is 18.4 Å². The van der Waals surface area contributed by atoms with Gasteiger partial charge in [-0.1, -0.05) is 77.1 Å². The van der Waals surface area contributed by atoms with Crippen LogP contribution in [0.15, 0.2) is 6.33 Å². The average molecular weight is 576 g/mol. The number of rotatable bonds is 17. The average Bonchev–Trinajstić information content (AvgIpc) is 3.52. The zero-order valence-electron chi connectivity index (χ0n) is 24.1. The lowest BCUT2D eigenvalue weighted by atomic mass is 9.98. The summed E-state index contributed by atoms with van der Waals surface area (Å²) in [5.41, 5.74) is 4.42. The number of carbonyl (C=O) groups is 2. The van der Waals surface area contributed by atoms with Crippen molar-refractivity contribution in [1.82, 2.24) is 19.5 Å². The lowest BCUT2D eigenvalue weighted by molar-refractivity contribution is -0.157. The van der Waals surface area contributed by atoms with E-state index in [-0.39, 0.29) is 43.0 Å². The maximum atomic E-state index is 13.9. The summed E-state index contributed by atoms with van der Waals surface area (Å²) < 4.78 is 37.3. The first-order chi connectivity index (χ1) is 19.8. The highest BCUT2D eigenvalue weighted by Gasteiger charge is 2.52. The fourth-order valence-electron chi connectivity index (χ4n) is 4.93. The molecule has 11 nitrogen and oxygen atoms in total. The van der Waals surface area contributed by atoms with Gasteiger partial charge in [-0.3, -0.25) is 9.36 Å². The van der Waals surface area contributed by atoms with Gasteiger partial charge in [0, 0.05) is 12.8 Å². The fourth-order valence-corrected chi connectivity index (χ4v) is 4.93. The largest absolute Gasteiger partial charge is 0.508 e. The van der Waals surface area contributed by atoms with Crippen molar-refractivity contribution < 1.29 is 32.9 Å². The molecular weight excluding hydrogens is 533 g/mol. The van der Waals surface area contributed by atoms with E-state index in [1.807, 2.05) is 0 Å². The molecule has 12 heteroatoms. The van der Waals surface area contributed by atoms with Crippen molar-refractivity contribution >= 4 is 29.1 Å². The van der Waals surface area contributed by atoms with Crippen LogP contribution in [0.5, 0.6) is 0 Å². The number of nitrogens with zero attached hydrogens (tertiary/aromatic N) is 4. The van der Waals surface area contributed by atoms with E-state index in [9.17, 15) is 14.0 Å². The molecule has 3 atom stereocenters. The van der Waals surface area contributed by atoms with E-state index in [0.29, 0.717) is 6.42 Å². The molecule has 3 heterocycles. The summed E-state index contributed by atoms with van der Waals surface area (Å²) in [6.45, 7) is 3.60. The second-order valence-corrected chi connectivity index (χ2v) is 10.3. The third-order valence-electron chi connectivity index (χ3n) is 7.19. The lowest BCUT2D eigenvalue weighted by Gasteiger charge is -2.28. The Morgan fingerprint density at radius 1 is 1.10 bits per heavy atom. The van der Waals surface area contributed by atoms with Gasteiger partial charge in [0.15, 0.2) is 23.1 Å². The molecular formula is C29H42FN5O6. The molecule has 3 rings (SSSR count). The number of esters is 1. The maximum Gasteiger partial charge on any atom is 0.508 e. The van der Waals surface area contributed by atoms with E-state index < -0.39 is 36.1 Å². The van der Waals surface area contributed by atoms with Gasteiger partial charge >= 0.3 is 18.2 Å². The molecule has 1 fully saturated rings. The van der Waals surface area contributed by atoms with Crippen molar-refractivity contribution in [1.29, 1.82) is 0 Å². The molecule has 0 saturated carbocycles. The molecule has 41 heavy (non-hydrogen) atoms. The first kappa shape index (κ1) is 32.1. The SMILES string of the molecule is C#C[C@]1(COC(=O)CCCCCCCCCCCCC)O[C@@H](n2cnc3c(N)nc(F)nc32)C[C@@H]1OC(=O)OCC. The monoisotopic (exact) mass is 575 g/mol. The molecule has 0 bridgehead atoms. The molecule has 1 aliphatic rings. The summed E-state index contributed by atoms with van der Waals surface area (Å²) in [4.78, 5) is 36.1. The number of halogens is 1. The van der Waals surface area contributed by atoms with Crippen LogP contribution in [-0.2, 0) is 23.7 Å². The van der Waals surface area contributed by atoms with Crippen LogP contribution in [-0.4, -0.2) is 56.6 Å². The number of unbranched alkanes of at least 4 members (excludes halogenated alkanes) is 10. The minimum absolute atomic E-state index is 0.0379. The Hall–Kier alpha value is -3.46. The number of terminal acetylenes is 1. The highest BCUT2D eigenvalue weighted by atomic mass is 19.1. The molecule has 0 amide bonds. The van der Waals surface area contributed by atoms with E-state index in [0.717, 1.165) is 19.3 Å². The number of hydrogen-bond donors (Lipinski definition) is 1. The van der Waals surface area contributed by atoms with E-state index >= 15 is 0 Å². The Bertz CT molecular complexity index is 1180. The number of aromatic nitrogens is 4. The topological polar surface area (TPSA) is 141 Å². The number of nitrogens with two attached hydrogens (primary N) is 1. The molecule has 226 valence electrons. The first-order valence-corrected chi connectivity index (χ1v) is 14.6. The zero-order chi connectivity index (χ0) is 29.7. The van der Waals surface area contributed by atoms with Gasteiger partial charge in [0.1, 0.15) is 12.8 Å². The number of nitrogen functional groups attached to an aromatic ring is 1. The van der Waals surface area contributed by atoms with Gasteiger partial charge < -0.3 is 24.7 Å². The first-order valence-electron chi connectivity index (χ1n) is 14.6. The van der Waals surface area contributed by atoms with Gasteiger partial charge in [-0.05, 0) is 13.3 Å². The van der Waals surface area contributed by atoms with Crippen LogP contribution in [0.2, 0.25) is 0 Å². The maximum absolute atomic E-state index is 13.9. The predicted octanol–water partition coefficient (Wildman–Crippen LogP) is 5.62.